The first-order valence-corrected chi connectivity index (χ1v) is 25.5. The molecule has 1 aliphatic carbocycles. The van der Waals surface area contributed by atoms with E-state index in [0.717, 1.165) is 50.3 Å². The van der Waals surface area contributed by atoms with E-state index >= 15 is 0 Å². The molecule has 2 unspecified atom stereocenters. The summed E-state index contributed by atoms with van der Waals surface area (Å²) in [5, 5.41) is 36.7. The van der Waals surface area contributed by atoms with E-state index in [9.17, 15) is 47.4 Å². The molecule has 2 aromatic heterocycles. The highest BCUT2D eigenvalue weighted by atomic mass is 19.4. The van der Waals surface area contributed by atoms with Crippen LogP contribution in [0.2, 0.25) is 0 Å². The topological polar surface area (TPSA) is 270 Å². The lowest BCUT2D eigenvalue weighted by Crippen LogP contribution is -2.57. The van der Waals surface area contributed by atoms with Crippen LogP contribution < -0.4 is 21.3 Å². The molecule has 22 nitrogen and oxygen atoms in total. The van der Waals surface area contributed by atoms with Crippen LogP contribution in [0.1, 0.15) is 87.1 Å². The van der Waals surface area contributed by atoms with Crippen LogP contribution in [0.4, 0.5) is 24.7 Å². The fraction of sp³-hybridized carbons (Fsp3) is 0.640. The Kier molecular flexibility index (Phi) is 22.5. The number of rotatable bonds is 25. The Morgan fingerprint density at radius 1 is 0.813 bits per heavy atom. The molecule has 6 atom stereocenters. The Hall–Kier alpha value is -5.83. The van der Waals surface area contributed by atoms with Gasteiger partial charge in [-0.2, -0.15) is 18.3 Å². The van der Waals surface area contributed by atoms with Crippen LogP contribution in [0.15, 0.2) is 48.9 Å². The summed E-state index contributed by atoms with van der Waals surface area (Å²) >= 11 is 0. The van der Waals surface area contributed by atoms with Gasteiger partial charge in [0.2, 0.25) is 23.6 Å². The van der Waals surface area contributed by atoms with Crippen molar-refractivity contribution in [3.63, 3.8) is 0 Å². The fourth-order valence-corrected chi connectivity index (χ4v) is 9.11. The molecule has 414 valence electrons. The van der Waals surface area contributed by atoms with Crippen molar-refractivity contribution in [1.29, 1.82) is 0 Å². The summed E-state index contributed by atoms with van der Waals surface area (Å²) in [6.07, 6.45) is 0.845. The largest absolute Gasteiger partial charge is 0.434 e. The van der Waals surface area contributed by atoms with E-state index in [-0.39, 0.29) is 139 Å². The minimum Gasteiger partial charge on any atom is -0.388 e. The molecule has 3 aromatic rings. The van der Waals surface area contributed by atoms with E-state index in [1.807, 2.05) is 13.8 Å². The molecule has 5 amide bonds. The van der Waals surface area contributed by atoms with Gasteiger partial charge in [0.05, 0.1) is 71.3 Å². The summed E-state index contributed by atoms with van der Waals surface area (Å²) in [6, 6.07) is 6.11. The SMILES string of the molecule is CC(=O)NC(Cc1ccc(NC(=O)C(NC(=O)c2ccnn2C(C)C)C2CCCCCC2)cc1)C(=O)N1CCN(C(=O)COCCOCCOCCOC[C@H]2OC[C@H](Nc3cncc(C(F)(F)F)n3)[C@@H](O)[C@H]2O)CC1. The highest BCUT2D eigenvalue weighted by Crippen LogP contribution is 2.29. The maximum absolute atomic E-state index is 13.9. The van der Waals surface area contributed by atoms with Crippen LogP contribution in [0, 0.1) is 5.92 Å². The predicted octanol–water partition coefficient (Wildman–Crippen LogP) is 2.37. The molecule has 6 N–H and O–H groups in total. The summed E-state index contributed by atoms with van der Waals surface area (Å²) < 4.78 is 68.1. The van der Waals surface area contributed by atoms with Crippen LogP contribution in [-0.2, 0) is 55.5 Å². The van der Waals surface area contributed by atoms with Gasteiger partial charge < -0.3 is 65.0 Å². The number of nitrogens with one attached hydrogen (secondary N) is 4. The van der Waals surface area contributed by atoms with E-state index in [0.29, 0.717) is 17.6 Å². The summed E-state index contributed by atoms with van der Waals surface area (Å²) in [4.78, 5) is 76.5. The average Bonchev–Trinajstić information content (AvgIpc) is 3.74. The second-order valence-corrected chi connectivity index (χ2v) is 19.1. The van der Waals surface area contributed by atoms with Gasteiger partial charge in [-0.05, 0) is 56.4 Å². The third-order valence-electron chi connectivity index (χ3n) is 13.1. The number of aliphatic hydroxyl groups excluding tert-OH is 2. The number of amides is 5. The van der Waals surface area contributed by atoms with Crippen molar-refractivity contribution < 1.29 is 71.0 Å². The van der Waals surface area contributed by atoms with Gasteiger partial charge >= 0.3 is 6.18 Å². The van der Waals surface area contributed by atoms with Crippen molar-refractivity contribution in [2.24, 2.45) is 5.92 Å². The zero-order valence-corrected chi connectivity index (χ0v) is 42.7. The summed E-state index contributed by atoms with van der Waals surface area (Å²) in [5.41, 5.74) is 0.464. The first-order valence-electron chi connectivity index (χ1n) is 25.5. The molecule has 0 bridgehead atoms. The molecule has 0 spiro atoms. The molecule has 4 heterocycles. The lowest BCUT2D eigenvalue weighted by molar-refractivity contribution is -0.161. The molecule has 2 saturated heterocycles. The fourth-order valence-electron chi connectivity index (χ4n) is 9.11. The molecule has 0 radical (unpaired) electrons. The second kappa shape index (κ2) is 28.9. The lowest BCUT2D eigenvalue weighted by Gasteiger charge is -2.38. The first-order chi connectivity index (χ1) is 36.0. The average molecular weight is 1060 g/mol. The summed E-state index contributed by atoms with van der Waals surface area (Å²) in [6.45, 7) is 7.13. The quantitative estimate of drug-likeness (QED) is 0.0525. The number of halogens is 3. The number of alkyl halides is 3. The van der Waals surface area contributed by atoms with Crippen LogP contribution >= 0.6 is 0 Å². The Bertz CT molecular complexity index is 2290. The van der Waals surface area contributed by atoms with Gasteiger partial charge in [0.15, 0.2) is 5.69 Å². The summed E-state index contributed by atoms with van der Waals surface area (Å²) in [5.74, 6) is -1.81. The number of hydrogen-bond acceptors (Lipinski definition) is 16. The van der Waals surface area contributed by atoms with E-state index in [4.69, 9.17) is 23.7 Å². The van der Waals surface area contributed by atoms with E-state index in [1.54, 1.807) is 51.0 Å². The van der Waals surface area contributed by atoms with Gasteiger partial charge in [0, 0.05) is 57.4 Å². The molecule has 2 aliphatic heterocycles. The van der Waals surface area contributed by atoms with E-state index in [2.05, 4.69) is 36.3 Å². The van der Waals surface area contributed by atoms with E-state index < -0.39 is 48.3 Å². The highest BCUT2D eigenvalue weighted by Gasteiger charge is 2.40. The van der Waals surface area contributed by atoms with Crippen molar-refractivity contribution in [3.05, 3.63) is 65.9 Å². The van der Waals surface area contributed by atoms with Crippen molar-refractivity contribution in [1.82, 2.24) is 40.2 Å². The Morgan fingerprint density at radius 2 is 1.45 bits per heavy atom. The van der Waals surface area contributed by atoms with Gasteiger partial charge in [0.1, 0.15) is 48.5 Å². The standard InChI is InChI=1S/C50H71F3N10O12/c1-32(2)63-39(14-15-55-63)47(68)60-44(35-8-6-4-5-7-9-35)48(69)57-36-12-10-34(11-13-36)26-37(56-33(3)64)49(70)62-18-16-61(17-19-62)43(65)31-74-25-23-72-21-20-71-22-24-73-30-40-46(67)45(66)38(29-75-40)58-42-28-54-27-41(59-42)50(51,52)53/h10-15,27-28,32,35,37-38,40,44-46,66-67H,4-9,16-26,29-31H2,1-3H3,(H,56,64)(H,57,69)(H,58,59)(H,60,68)/t37?,38-,40+,44?,45+,46-/m0/s1. The number of carbonyl (C=O) groups is 5. The first kappa shape index (κ1) is 58.4. The summed E-state index contributed by atoms with van der Waals surface area (Å²) in [7, 11) is 0. The van der Waals surface area contributed by atoms with Crippen molar-refractivity contribution >= 4 is 41.0 Å². The Balaban J connectivity index is 0.830. The molecule has 75 heavy (non-hydrogen) atoms. The minimum atomic E-state index is -4.70. The number of aromatic nitrogens is 4. The molecule has 1 aromatic carbocycles. The number of aliphatic hydroxyl groups is 2. The van der Waals surface area contributed by atoms with Crippen LogP contribution in [0.5, 0.6) is 0 Å². The Labute approximate surface area is 433 Å². The van der Waals surface area contributed by atoms with Gasteiger partial charge in [-0.3, -0.25) is 33.6 Å². The number of ether oxygens (including phenoxy) is 5. The van der Waals surface area contributed by atoms with Gasteiger partial charge in [-0.25, -0.2) is 4.98 Å². The van der Waals surface area contributed by atoms with Crippen molar-refractivity contribution in [3.8, 4) is 0 Å². The monoisotopic (exact) mass is 1060 g/mol. The zero-order valence-electron chi connectivity index (χ0n) is 42.7. The van der Waals surface area contributed by atoms with Gasteiger partial charge in [0.25, 0.3) is 5.91 Å². The molecule has 3 aliphatic rings. The Morgan fingerprint density at radius 3 is 2.09 bits per heavy atom. The van der Waals surface area contributed by atoms with Crippen LogP contribution in [-0.4, -0.2) is 191 Å². The smallest absolute Gasteiger partial charge is 0.388 e. The maximum Gasteiger partial charge on any atom is 0.434 e. The van der Waals surface area contributed by atoms with Crippen LogP contribution in [0.25, 0.3) is 0 Å². The second-order valence-electron chi connectivity index (χ2n) is 19.1. The number of nitrogens with zero attached hydrogens (tertiary/aromatic N) is 6. The van der Waals surface area contributed by atoms with E-state index in [1.165, 1.54) is 6.92 Å². The highest BCUT2D eigenvalue weighted by molar-refractivity contribution is 6.00. The van der Waals surface area contributed by atoms with Gasteiger partial charge in [-0.15, -0.1) is 0 Å². The third kappa shape index (κ3) is 17.9. The maximum atomic E-state index is 13.9. The molecule has 1 saturated carbocycles. The molecular weight excluding hydrogens is 990 g/mol. The third-order valence-corrected chi connectivity index (χ3v) is 13.1. The number of benzene rings is 1. The minimum absolute atomic E-state index is 0.0288. The molecule has 3 fully saturated rings. The van der Waals surface area contributed by atoms with Crippen molar-refractivity contribution in [2.45, 2.75) is 114 Å². The molecule has 6 rings (SSSR count). The lowest BCUT2D eigenvalue weighted by atomic mass is 9.91. The normalized spacial score (nSPS) is 20.5. The van der Waals surface area contributed by atoms with Gasteiger partial charge in [-0.1, -0.05) is 37.8 Å². The number of hydrogen-bond donors (Lipinski definition) is 6. The zero-order chi connectivity index (χ0) is 53.9. The number of anilines is 2. The van der Waals surface area contributed by atoms with Crippen LogP contribution in [0.3, 0.4) is 0 Å². The number of piperazine rings is 1. The molecule has 25 heteroatoms. The predicted molar refractivity (Wildman–Crippen MR) is 264 cm³/mol. The molecular formula is C50H71F3N10O12. The number of carbonyl (C=O) groups excluding carboxylic acids is 5. The van der Waals surface area contributed by atoms with Crippen molar-refractivity contribution in [2.75, 3.05) is 96.3 Å².